The fraction of sp³-hybridized carbons (Fsp3) is 0.600. The minimum atomic E-state index is -0.153. The summed E-state index contributed by atoms with van der Waals surface area (Å²) in [6.45, 7) is 4.95. The van der Waals surface area contributed by atoms with Crippen molar-refractivity contribution < 1.29 is 9.47 Å². The lowest BCUT2D eigenvalue weighted by Gasteiger charge is -2.64. The van der Waals surface area contributed by atoms with Gasteiger partial charge in [-0.05, 0) is 55.9 Å². The lowest BCUT2D eigenvalue weighted by molar-refractivity contribution is -0.195. The van der Waals surface area contributed by atoms with Crippen molar-refractivity contribution in [2.75, 3.05) is 26.8 Å². The summed E-state index contributed by atoms with van der Waals surface area (Å²) in [5, 5.41) is 0. The zero-order valence-corrected chi connectivity index (χ0v) is 14.1. The topological polar surface area (TPSA) is 21.7 Å². The molecule has 0 amide bonds. The highest BCUT2D eigenvalue weighted by molar-refractivity contribution is 5.48. The largest absolute Gasteiger partial charge is 0.497 e. The highest BCUT2D eigenvalue weighted by Gasteiger charge is 2.62. The van der Waals surface area contributed by atoms with Crippen LogP contribution >= 0.6 is 0 Å². The lowest BCUT2D eigenvalue weighted by Crippen LogP contribution is -2.72. The van der Waals surface area contributed by atoms with Gasteiger partial charge in [-0.15, -0.1) is 6.42 Å². The first-order valence-electron chi connectivity index (χ1n) is 8.63. The van der Waals surface area contributed by atoms with Crippen LogP contribution in [0.5, 0.6) is 5.75 Å². The van der Waals surface area contributed by atoms with E-state index in [1.165, 1.54) is 17.5 Å². The number of methoxy groups -OCH3 is 1. The molecule has 3 heteroatoms. The molecule has 2 bridgehead atoms. The second kappa shape index (κ2) is 5.26. The number of terminal acetylenes is 1. The van der Waals surface area contributed by atoms with Crippen molar-refractivity contribution in [2.45, 2.75) is 49.7 Å². The molecular formula is C20H25NO2. The Morgan fingerprint density at radius 2 is 2.30 bits per heavy atom. The molecule has 1 aromatic carbocycles. The summed E-state index contributed by atoms with van der Waals surface area (Å²) in [6, 6.07) is 6.96. The smallest absolute Gasteiger partial charge is 0.119 e. The number of hydrogen-bond donors (Lipinski definition) is 0. The van der Waals surface area contributed by atoms with Crippen LogP contribution in [0, 0.1) is 12.3 Å². The van der Waals surface area contributed by atoms with Gasteiger partial charge in [0.05, 0.1) is 19.3 Å². The molecule has 0 aromatic heterocycles. The molecule has 2 saturated heterocycles. The molecule has 2 heterocycles. The molecule has 3 aliphatic rings. The molecule has 0 unspecified atom stereocenters. The van der Waals surface area contributed by atoms with Crippen molar-refractivity contribution in [1.82, 2.24) is 4.90 Å². The van der Waals surface area contributed by atoms with E-state index < -0.39 is 0 Å². The van der Waals surface area contributed by atoms with Crippen LogP contribution < -0.4 is 4.74 Å². The van der Waals surface area contributed by atoms with Gasteiger partial charge in [0, 0.05) is 24.6 Å². The minimum absolute atomic E-state index is 0.100. The number of benzene rings is 1. The molecule has 4 rings (SSSR count). The number of rotatable bonds is 2. The maximum absolute atomic E-state index is 6.48. The summed E-state index contributed by atoms with van der Waals surface area (Å²) in [5.41, 5.74) is 2.85. The van der Waals surface area contributed by atoms with Crippen molar-refractivity contribution in [3.63, 3.8) is 0 Å². The fourth-order valence-electron chi connectivity index (χ4n) is 5.35. The molecule has 2 fully saturated rings. The molecule has 0 saturated carbocycles. The third kappa shape index (κ3) is 1.92. The van der Waals surface area contributed by atoms with Crippen LogP contribution in [-0.2, 0) is 16.6 Å². The van der Waals surface area contributed by atoms with Gasteiger partial charge in [-0.2, -0.15) is 0 Å². The van der Waals surface area contributed by atoms with Crippen molar-refractivity contribution in [3.8, 4) is 18.1 Å². The minimum Gasteiger partial charge on any atom is -0.497 e. The predicted octanol–water partition coefficient (Wildman–Crippen LogP) is 2.77. The van der Waals surface area contributed by atoms with E-state index in [1.54, 1.807) is 7.11 Å². The molecule has 3 nitrogen and oxygen atoms in total. The van der Waals surface area contributed by atoms with E-state index in [0.717, 1.165) is 38.2 Å². The number of likely N-dealkylation sites (tertiary alicyclic amines) is 1. The second-order valence-corrected chi connectivity index (χ2v) is 7.31. The van der Waals surface area contributed by atoms with Crippen molar-refractivity contribution in [3.05, 3.63) is 29.3 Å². The van der Waals surface area contributed by atoms with Gasteiger partial charge in [0.25, 0.3) is 0 Å². The molecule has 1 aliphatic carbocycles. The highest BCUT2D eigenvalue weighted by Crippen LogP contribution is 2.57. The van der Waals surface area contributed by atoms with Gasteiger partial charge in [-0.1, -0.05) is 12.0 Å². The molecular weight excluding hydrogens is 286 g/mol. The third-order valence-corrected chi connectivity index (χ3v) is 6.54. The first kappa shape index (κ1) is 15.1. The van der Waals surface area contributed by atoms with Gasteiger partial charge < -0.3 is 9.47 Å². The number of piperidine rings is 1. The standard InChI is InChI=1S/C20H25NO2/c1-4-10-21-11-9-20-8-5-12-23-19(20,2)18(21)13-15-6-7-16(22-3)14-17(15)20/h1,6-7,14,18H,5,8-13H2,2-3H3/t18-,19+,20+/m1/s1. The summed E-state index contributed by atoms with van der Waals surface area (Å²) in [7, 11) is 1.75. The summed E-state index contributed by atoms with van der Waals surface area (Å²) < 4.78 is 12.0. The Bertz CT molecular complexity index is 664. The average molecular weight is 311 g/mol. The summed E-state index contributed by atoms with van der Waals surface area (Å²) >= 11 is 0. The van der Waals surface area contributed by atoms with Gasteiger partial charge in [-0.25, -0.2) is 0 Å². The normalized spacial score (nSPS) is 35.8. The molecule has 0 N–H and O–H groups in total. The van der Waals surface area contributed by atoms with Crippen molar-refractivity contribution >= 4 is 0 Å². The van der Waals surface area contributed by atoms with E-state index in [2.05, 4.69) is 35.9 Å². The van der Waals surface area contributed by atoms with Gasteiger partial charge in [0.1, 0.15) is 5.75 Å². The fourth-order valence-corrected chi connectivity index (χ4v) is 5.35. The molecule has 3 atom stereocenters. The zero-order valence-electron chi connectivity index (χ0n) is 14.1. The maximum atomic E-state index is 6.48. The van der Waals surface area contributed by atoms with Crippen LogP contribution in [-0.4, -0.2) is 43.3 Å². The van der Waals surface area contributed by atoms with Crippen LogP contribution in [0.2, 0.25) is 0 Å². The zero-order chi connectivity index (χ0) is 16.1. The third-order valence-electron chi connectivity index (χ3n) is 6.54. The van der Waals surface area contributed by atoms with Crippen LogP contribution in [0.25, 0.3) is 0 Å². The Hall–Kier alpha value is -1.50. The highest BCUT2D eigenvalue weighted by atomic mass is 16.5. The van der Waals surface area contributed by atoms with Gasteiger partial charge in [-0.3, -0.25) is 4.90 Å². The van der Waals surface area contributed by atoms with Gasteiger partial charge in [0.15, 0.2) is 0 Å². The Labute approximate surface area is 139 Å². The monoisotopic (exact) mass is 311 g/mol. The molecule has 122 valence electrons. The summed E-state index contributed by atoms with van der Waals surface area (Å²) in [5.74, 6) is 3.80. The van der Waals surface area contributed by atoms with Crippen molar-refractivity contribution in [2.24, 2.45) is 0 Å². The molecule has 0 spiro atoms. The maximum Gasteiger partial charge on any atom is 0.119 e. The number of nitrogens with zero attached hydrogens (tertiary/aromatic N) is 1. The number of fused-ring (bicyclic) bond motifs is 1. The first-order chi connectivity index (χ1) is 11.1. The Morgan fingerprint density at radius 3 is 3.09 bits per heavy atom. The SMILES string of the molecule is C#CCN1CC[C@]23CCCO[C@@]2(C)[C@H]1Cc1ccc(OC)cc13. The van der Waals surface area contributed by atoms with E-state index in [1.807, 2.05) is 0 Å². The number of hydrogen-bond acceptors (Lipinski definition) is 3. The summed E-state index contributed by atoms with van der Waals surface area (Å²) in [6.07, 6.45) is 10.1. The van der Waals surface area contributed by atoms with Crippen LogP contribution in [0.15, 0.2) is 18.2 Å². The second-order valence-electron chi connectivity index (χ2n) is 7.31. The van der Waals surface area contributed by atoms with Crippen LogP contribution in [0.3, 0.4) is 0 Å². The molecule has 1 aromatic rings. The first-order valence-corrected chi connectivity index (χ1v) is 8.63. The molecule has 2 aliphatic heterocycles. The van der Waals surface area contributed by atoms with Crippen LogP contribution in [0.4, 0.5) is 0 Å². The quantitative estimate of drug-likeness (QED) is 0.784. The lowest BCUT2D eigenvalue weighted by atomic mass is 9.52. The van der Waals surface area contributed by atoms with E-state index in [0.29, 0.717) is 12.6 Å². The molecule has 23 heavy (non-hydrogen) atoms. The average Bonchev–Trinajstić information content (AvgIpc) is 2.57. The van der Waals surface area contributed by atoms with E-state index in [-0.39, 0.29) is 11.0 Å². The molecule has 0 radical (unpaired) electrons. The van der Waals surface area contributed by atoms with E-state index >= 15 is 0 Å². The van der Waals surface area contributed by atoms with Crippen LogP contribution in [0.1, 0.15) is 37.3 Å². The van der Waals surface area contributed by atoms with E-state index in [9.17, 15) is 0 Å². The Balaban J connectivity index is 1.89. The van der Waals surface area contributed by atoms with Gasteiger partial charge >= 0.3 is 0 Å². The van der Waals surface area contributed by atoms with Crippen molar-refractivity contribution in [1.29, 1.82) is 0 Å². The Morgan fingerprint density at radius 1 is 1.43 bits per heavy atom. The Kier molecular flexibility index (Phi) is 3.44. The number of ether oxygens (including phenoxy) is 2. The summed E-state index contributed by atoms with van der Waals surface area (Å²) in [4.78, 5) is 2.46. The predicted molar refractivity (Wildman–Crippen MR) is 90.8 cm³/mol. The van der Waals surface area contributed by atoms with E-state index in [4.69, 9.17) is 15.9 Å². The van der Waals surface area contributed by atoms with Gasteiger partial charge in [0.2, 0.25) is 0 Å².